The van der Waals surface area contributed by atoms with E-state index in [1.807, 2.05) is 31.2 Å². The Balaban J connectivity index is 1.56. The number of rotatable bonds is 6. The number of hydrogen-bond donors (Lipinski definition) is 1. The lowest BCUT2D eigenvalue weighted by Gasteiger charge is -2.18. The zero-order valence-electron chi connectivity index (χ0n) is 15.5. The van der Waals surface area contributed by atoms with Crippen molar-refractivity contribution in [1.82, 2.24) is 5.32 Å². The fourth-order valence-electron chi connectivity index (χ4n) is 3.02. The lowest BCUT2D eigenvalue weighted by molar-refractivity contribution is -0.124. The van der Waals surface area contributed by atoms with Gasteiger partial charge in [0.2, 0.25) is 5.91 Å². The van der Waals surface area contributed by atoms with Crippen LogP contribution in [0.25, 0.3) is 0 Å². The number of ether oxygens (including phenoxy) is 1. The standard InChI is InChI=1S/C21H21ClN2O4/c1-14-5-2-3-6-16(14)12-23-19(25)13-28-21(27)15-8-9-17(22)18(11-15)24-10-4-7-20(24)26/h2-3,5-6,8-9,11H,4,7,10,12-13H2,1H3,(H,23,25). The third-order valence-electron chi connectivity index (χ3n) is 4.62. The molecule has 3 rings (SSSR count). The molecule has 1 N–H and O–H groups in total. The lowest BCUT2D eigenvalue weighted by Crippen LogP contribution is -2.28. The first kappa shape index (κ1) is 19.9. The molecule has 28 heavy (non-hydrogen) atoms. The van der Waals surface area contributed by atoms with Crippen LogP contribution in [-0.2, 0) is 20.9 Å². The first-order chi connectivity index (χ1) is 13.5. The SMILES string of the molecule is Cc1ccccc1CNC(=O)COC(=O)c1ccc(Cl)c(N2CCCC2=O)c1. The molecule has 6 nitrogen and oxygen atoms in total. The van der Waals surface area contributed by atoms with Gasteiger partial charge in [-0.05, 0) is 42.7 Å². The van der Waals surface area contributed by atoms with Crippen LogP contribution in [0, 0.1) is 6.92 Å². The van der Waals surface area contributed by atoms with Gasteiger partial charge < -0.3 is 15.0 Å². The van der Waals surface area contributed by atoms with Gasteiger partial charge in [0.15, 0.2) is 6.61 Å². The summed E-state index contributed by atoms with van der Waals surface area (Å²) in [7, 11) is 0. The molecule has 1 saturated heterocycles. The Bertz CT molecular complexity index is 913. The zero-order valence-corrected chi connectivity index (χ0v) is 16.3. The molecule has 0 aliphatic carbocycles. The zero-order chi connectivity index (χ0) is 20.1. The van der Waals surface area contributed by atoms with Crippen LogP contribution >= 0.6 is 11.6 Å². The minimum atomic E-state index is -0.643. The average molecular weight is 401 g/mol. The summed E-state index contributed by atoms with van der Waals surface area (Å²) >= 11 is 6.18. The average Bonchev–Trinajstić information content (AvgIpc) is 3.11. The molecule has 7 heteroatoms. The van der Waals surface area contributed by atoms with Crippen molar-refractivity contribution in [3.8, 4) is 0 Å². The molecule has 1 fully saturated rings. The van der Waals surface area contributed by atoms with Crippen molar-refractivity contribution in [3.63, 3.8) is 0 Å². The van der Waals surface area contributed by atoms with Crippen LogP contribution in [-0.4, -0.2) is 30.9 Å². The number of amides is 2. The second kappa shape index (κ2) is 8.89. The van der Waals surface area contributed by atoms with Crippen molar-refractivity contribution < 1.29 is 19.1 Å². The molecule has 0 aromatic heterocycles. The van der Waals surface area contributed by atoms with E-state index in [4.69, 9.17) is 16.3 Å². The van der Waals surface area contributed by atoms with Crippen LogP contribution in [0.1, 0.15) is 34.3 Å². The Kier molecular flexibility index (Phi) is 6.31. The maximum absolute atomic E-state index is 12.3. The van der Waals surface area contributed by atoms with Gasteiger partial charge in [-0.25, -0.2) is 4.79 Å². The molecule has 0 bridgehead atoms. The number of esters is 1. The van der Waals surface area contributed by atoms with Gasteiger partial charge in [-0.3, -0.25) is 9.59 Å². The van der Waals surface area contributed by atoms with E-state index in [1.165, 1.54) is 12.1 Å². The molecule has 0 saturated carbocycles. The van der Waals surface area contributed by atoms with Crippen LogP contribution in [0.3, 0.4) is 0 Å². The number of anilines is 1. The Morgan fingerprint density at radius 1 is 1.21 bits per heavy atom. The van der Waals surface area contributed by atoms with E-state index < -0.39 is 5.97 Å². The van der Waals surface area contributed by atoms with Crippen LogP contribution in [0.2, 0.25) is 5.02 Å². The smallest absolute Gasteiger partial charge is 0.338 e. The molecule has 1 aliphatic heterocycles. The highest BCUT2D eigenvalue weighted by Crippen LogP contribution is 2.30. The number of benzene rings is 2. The van der Waals surface area contributed by atoms with Crippen molar-refractivity contribution in [2.24, 2.45) is 0 Å². The third-order valence-corrected chi connectivity index (χ3v) is 4.94. The normalized spacial score (nSPS) is 13.5. The first-order valence-electron chi connectivity index (χ1n) is 9.04. The van der Waals surface area contributed by atoms with Gasteiger partial charge >= 0.3 is 5.97 Å². The monoisotopic (exact) mass is 400 g/mol. The minimum Gasteiger partial charge on any atom is -0.452 e. The molecule has 2 amide bonds. The number of carbonyl (C=O) groups is 3. The Hall–Kier alpha value is -2.86. The number of hydrogen-bond acceptors (Lipinski definition) is 4. The summed E-state index contributed by atoms with van der Waals surface area (Å²) in [4.78, 5) is 37.8. The number of carbonyl (C=O) groups excluding carboxylic acids is 3. The molecule has 0 unspecified atom stereocenters. The van der Waals surface area contributed by atoms with Gasteiger partial charge in [0.05, 0.1) is 16.3 Å². The molecule has 2 aromatic carbocycles. The molecule has 146 valence electrons. The van der Waals surface area contributed by atoms with E-state index in [9.17, 15) is 14.4 Å². The highest BCUT2D eigenvalue weighted by molar-refractivity contribution is 6.34. The third kappa shape index (κ3) is 4.70. The summed E-state index contributed by atoms with van der Waals surface area (Å²) in [6.45, 7) is 2.51. The van der Waals surface area contributed by atoms with Crippen LogP contribution in [0.4, 0.5) is 5.69 Å². The Morgan fingerprint density at radius 3 is 2.71 bits per heavy atom. The van der Waals surface area contributed by atoms with Crippen molar-refractivity contribution in [3.05, 3.63) is 64.2 Å². The number of aryl methyl sites for hydroxylation is 1. The molecule has 1 heterocycles. The van der Waals surface area contributed by atoms with Crippen molar-refractivity contribution in [1.29, 1.82) is 0 Å². The van der Waals surface area contributed by atoms with Crippen LogP contribution in [0.5, 0.6) is 0 Å². The van der Waals surface area contributed by atoms with E-state index in [0.29, 0.717) is 30.2 Å². The molecular weight excluding hydrogens is 380 g/mol. The van der Waals surface area contributed by atoms with Gasteiger partial charge in [-0.2, -0.15) is 0 Å². The van der Waals surface area contributed by atoms with Gasteiger partial charge in [-0.1, -0.05) is 35.9 Å². The fraction of sp³-hybridized carbons (Fsp3) is 0.286. The molecule has 0 spiro atoms. The topological polar surface area (TPSA) is 75.7 Å². The van der Waals surface area contributed by atoms with Gasteiger partial charge in [0.1, 0.15) is 0 Å². The van der Waals surface area contributed by atoms with Crippen molar-refractivity contribution >= 4 is 35.1 Å². The maximum Gasteiger partial charge on any atom is 0.338 e. The quantitative estimate of drug-likeness (QED) is 0.755. The second-order valence-corrected chi connectivity index (χ2v) is 7.00. The second-order valence-electron chi connectivity index (χ2n) is 6.59. The van der Waals surface area contributed by atoms with E-state index in [-0.39, 0.29) is 24.0 Å². The summed E-state index contributed by atoms with van der Waals surface area (Å²) in [5, 5.41) is 3.12. The van der Waals surface area contributed by atoms with Gasteiger partial charge in [0.25, 0.3) is 5.91 Å². The summed E-state index contributed by atoms with van der Waals surface area (Å²) in [6, 6.07) is 12.3. The summed E-state index contributed by atoms with van der Waals surface area (Å²) in [6.07, 6.45) is 1.22. The predicted octanol–water partition coefficient (Wildman–Crippen LogP) is 3.25. The van der Waals surface area contributed by atoms with Crippen molar-refractivity contribution in [2.75, 3.05) is 18.1 Å². The molecular formula is C21H21ClN2O4. The fourth-order valence-corrected chi connectivity index (χ4v) is 3.24. The number of nitrogens with zero attached hydrogens (tertiary/aromatic N) is 1. The van der Waals surface area contributed by atoms with E-state index in [2.05, 4.69) is 5.32 Å². The lowest BCUT2D eigenvalue weighted by atomic mass is 10.1. The number of nitrogens with one attached hydrogen (secondary N) is 1. The van der Waals surface area contributed by atoms with Crippen molar-refractivity contribution in [2.45, 2.75) is 26.3 Å². The summed E-state index contributed by atoms with van der Waals surface area (Å²) in [5.41, 5.74) is 2.80. The summed E-state index contributed by atoms with van der Waals surface area (Å²) in [5.74, 6) is -1.06. The van der Waals surface area contributed by atoms with E-state index in [1.54, 1.807) is 11.0 Å². The Morgan fingerprint density at radius 2 is 2.00 bits per heavy atom. The van der Waals surface area contributed by atoms with Gasteiger partial charge in [-0.15, -0.1) is 0 Å². The van der Waals surface area contributed by atoms with Crippen LogP contribution in [0.15, 0.2) is 42.5 Å². The van der Waals surface area contributed by atoms with E-state index in [0.717, 1.165) is 17.5 Å². The minimum absolute atomic E-state index is 0.0250. The maximum atomic E-state index is 12.3. The van der Waals surface area contributed by atoms with Crippen LogP contribution < -0.4 is 10.2 Å². The summed E-state index contributed by atoms with van der Waals surface area (Å²) < 4.78 is 5.10. The highest BCUT2D eigenvalue weighted by atomic mass is 35.5. The molecule has 0 radical (unpaired) electrons. The highest BCUT2D eigenvalue weighted by Gasteiger charge is 2.24. The molecule has 1 aliphatic rings. The first-order valence-corrected chi connectivity index (χ1v) is 9.42. The molecule has 0 atom stereocenters. The molecule has 2 aromatic rings. The Labute approximate surface area is 168 Å². The largest absolute Gasteiger partial charge is 0.452 e. The number of halogens is 1. The van der Waals surface area contributed by atoms with E-state index >= 15 is 0 Å². The van der Waals surface area contributed by atoms with Gasteiger partial charge in [0, 0.05) is 19.5 Å². The predicted molar refractivity (Wildman–Crippen MR) is 106 cm³/mol.